The first kappa shape index (κ1) is 22.3. The molecular weight excluding hydrogens is 450 g/mol. The van der Waals surface area contributed by atoms with Crippen molar-refractivity contribution < 1.29 is 4.79 Å². The second kappa shape index (κ2) is 10.6. The predicted octanol–water partition coefficient (Wildman–Crippen LogP) is 5.84. The van der Waals surface area contributed by atoms with E-state index in [1.165, 1.54) is 61.6 Å². The minimum atomic E-state index is -0.103. The lowest BCUT2D eigenvalue weighted by molar-refractivity contribution is -0.113. The van der Waals surface area contributed by atoms with Crippen molar-refractivity contribution in [2.75, 3.05) is 11.1 Å². The lowest BCUT2D eigenvalue weighted by atomic mass is 9.86. The van der Waals surface area contributed by atoms with Crippen LogP contribution < -0.4 is 5.32 Å². The second-order valence-electron chi connectivity index (χ2n) is 7.88. The van der Waals surface area contributed by atoms with Crippen LogP contribution in [0.1, 0.15) is 44.3 Å². The highest BCUT2D eigenvalue weighted by molar-refractivity contribution is 7.99. The van der Waals surface area contributed by atoms with Crippen LogP contribution in [-0.4, -0.2) is 31.4 Å². The van der Waals surface area contributed by atoms with Gasteiger partial charge in [0.15, 0.2) is 10.3 Å². The number of aromatic nitrogens is 4. The lowest BCUT2D eigenvalue weighted by Gasteiger charge is -2.20. The summed E-state index contributed by atoms with van der Waals surface area (Å²) in [6.45, 7) is 0. The van der Waals surface area contributed by atoms with Crippen molar-refractivity contribution in [3.05, 3.63) is 40.5 Å². The fourth-order valence-electron chi connectivity index (χ4n) is 3.87. The third-order valence-electron chi connectivity index (χ3n) is 5.65. The number of benzene rings is 1. The van der Waals surface area contributed by atoms with E-state index in [2.05, 4.69) is 20.5 Å². The molecule has 9 heteroatoms. The quantitative estimate of drug-likeness (QED) is 0.414. The molecule has 1 aliphatic carbocycles. The topological polar surface area (TPSA) is 72.7 Å². The first-order chi connectivity index (χ1) is 15.1. The van der Waals surface area contributed by atoms with Crippen LogP contribution in [0.25, 0.3) is 11.3 Å². The SMILES string of the molecule is Cn1c(CCC2CCCCC2)nnc1SCC(=O)Nc1nc(-c2ccc(Cl)cc2)cs1. The molecule has 1 saturated carbocycles. The van der Waals surface area contributed by atoms with Crippen LogP contribution in [-0.2, 0) is 18.3 Å². The summed E-state index contributed by atoms with van der Waals surface area (Å²) in [6.07, 6.45) is 8.92. The Morgan fingerprint density at radius 3 is 2.77 bits per heavy atom. The minimum absolute atomic E-state index is 0.103. The third-order valence-corrected chi connectivity index (χ3v) is 7.68. The number of aryl methyl sites for hydroxylation is 1. The first-order valence-electron chi connectivity index (χ1n) is 10.6. The van der Waals surface area contributed by atoms with Crippen molar-refractivity contribution in [1.82, 2.24) is 19.7 Å². The van der Waals surface area contributed by atoms with Crippen molar-refractivity contribution in [3.63, 3.8) is 0 Å². The third kappa shape index (κ3) is 6.08. The number of thiazole rings is 1. The zero-order valence-electron chi connectivity index (χ0n) is 17.5. The number of nitrogens with zero attached hydrogens (tertiary/aromatic N) is 4. The molecule has 164 valence electrons. The van der Waals surface area contributed by atoms with E-state index in [0.29, 0.717) is 10.2 Å². The summed E-state index contributed by atoms with van der Waals surface area (Å²) in [6, 6.07) is 7.49. The average molecular weight is 476 g/mol. The maximum Gasteiger partial charge on any atom is 0.236 e. The number of anilines is 1. The number of amides is 1. The van der Waals surface area contributed by atoms with E-state index in [1.807, 2.05) is 41.3 Å². The van der Waals surface area contributed by atoms with Gasteiger partial charge in [0.1, 0.15) is 5.82 Å². The summed E-state index contributed by atoms with van der Waals surface area (Å²) >= 11 is 8.74. The Kier molecular flexibility index (Phi) is 7.63. The fraction of sp³-hybridized carbons (Fsp3) is 0.455. The number of hydrogen-bond donors (Lipinski definition) is 1. The van der Waals surface area contributed by atoms with Gasteiger partial charge in [-0.15, -0.1) is 21.5 Å². The Bertz CT molecular complexity index is 1010. The fourth-order valence-corrected chi connectivity index (χ4v) is 5.46. The summed E-state index contributed by atoms with van der Waals surface area (Å²) in [5.74, 6) is 1.99. The molecular formula is C22H26ClN5OS2. The summed E-state index contributed by atoms with van der Waals surface area (Å²) in [5.41, 5.74) is 1.79. The smallest absolute Gasteiger partial charge is 0.236 e. The van der Waals surface area contributed by atoms with Gasteiger partial charge in [0.05, 0.1) is 11.4 Å². The van der Waals surface area contributed by atoms with Gasteiger partial charge in [0.2, 0.25) is 5.91 Å². The number of hydrogen-bond acceptors (Lipinski definition) is 6. The van der Waals surface area contributed by atoms with Gasteiger partial charge in [-0.05, 0) is 24.5 Å². The van der Waals surface area contributed by atoms with Gasteiger partial charge < -0.3 is 9.88 Å². The Morgan fingerprint density at radius 2 is 2.00 bits per heavy atom. The monoisotopic (exact) mass is 475 g/mol. The van der Waals surface area contributed by atoms with Crippen molar-refractivity contribution in [1.29, 1.82) is 0 Å². The van der Waals surface area contributed by atoms with Crippen LogP contribution in [0.3, 0.4) is 0 Å². The zero-order valence-corrected chi connectivity index (χ0v) is 19.9. The standard InChI is InChI=1S/C22H26ClN5OS2/c1-28-19(12-7-15-5-3-2-4-6-15)26-27-22(28)31-14-20(29)25-21-24-18(13-30-21)16-8-10-17(23)11-9-16/h8-11,13,15H,2-7,12,14H2,1H3,(H,24,25,29). The molecule has 0 atom stereocenters. The molecule has 1 aromatic carbocycles. The highest BCUT2D eigenvalue weighted by Gasteiger charge is 2.17. The van der Waals surface area contributed by atoms with E-state index in [9.17, 15) is 4.79 Å². The van der Waals surface area contributed by atoms with E-state index in [1.54, 1.807) is 0 Å². The molecule has 1 aliphatic rings. The first-order valence-corrected chi connectivity index (χ1v) is 12.8. The van der Waals surface area contributed by atoms with Crippen LogP contribution in [0, 0.1) is 5.92 Å². The maximum absolute atomic E-state index is 12.4. The molecule has 1 fully saturated rings. The van der Waals surface area contributed by atoms with Gasteiger partial charge >= 0.3 is 0 Å². The Balaban J connectivity index is 1.26. The molecule has 6 nitrogen and oxygen atoms in total. The summed E-state index contributed by atoms with van der Waals surface area (Å²) in [4.78, 5) is 16.9. The normalized spacial score (nSPS) is 14.6. The number of thioether (sulfide) groups is 1. The molecule has 3 aromatic rings. The van der Waals surface area contributed by atoms with Crippen molar-refractivity contribution in [2.45, 2.75) is 50.1 Å². The van der Waals surface area contributed by atoms with Crippen molar-refractivity contribution in [3.8, 4) is 11.3 Å². The van der Waals surface area contributed by atoms with E-state index < -0.39 is 0 Å². The maximum atomic E-state index is 12.4. The molecule has 0 unspecified atom stereocenters. The number of halogens is 1. The van der Waals surface area contributed by atoms with Crippen LogP contribution in [0.15, 0.2) is 34.8 Å². The van der Waals surface area contributed by atoms with Crippen molar-refractivity contribution in [2.24, 2.45) is 13.0 Å². The Morgan fingerprint density at radius 1 is 1.23 bits per heavy atom. The zero-order chi connectivity index (χ0) is 21.6. The van der Waals surface area contributed by atoms with Crippen LogP contribution in [0.2, 0.25) is 5.02 Å². The highest BCUT2D eigenvalue weighted by Crippen LogP contribution is 2.28. The average Bonchev–Trinajstić information content (AvgIpc) is 3.38. The van der Waals surface area contributed by atoms with E-state index >= 15 is 0 Å². The summed E-state index contributed by atoms with van der Waals surface area (Å²) in [5, 5.41) is 15.5. The van der Waals surface area contributed by atoms with E-state index in [-0.39, 0.29) is 11.7 Å². The molecule has 0 saturated heterocycles. The predicted molar refractivity (Wildman–Crippen MR) is 128 cm³/mol. The van der Waals surface area contributed by atoms with Gasteiger partial charge in [-0.3, -0.25) is 4.79 Å². The van der Waals surface area contributed by atoms with Gasteiger partial charge in [-0.2, -0.15) is 0 Å². The highest BCUT2D eigenvalue weighted by atomic mass is 35.5. The summed E-state index contributed by atoms with van der Waals surface area (Å²) in [7, 11) is 1.98. The number of carbonyl (C=O) groups excluding carboxylic acids is 1. The molecule has 2 heterocycles. The molecule has 4 rings (SSSR count). The molecule has 31 heavy (non-hydrogen) atoms. The minimum Gasteiger partial charge on any atom is -0.309 e. The van der Waals surface area contributed by atoms with Crippen LogP contribution in [0.5, 0.6) is 0 Å². The number of nitrogens with one attached hydrogen (secondary N) is 1. The van der Waals surface area contributed by atoms with Gasteiger partial charge in [-0.25, -0.2) is 4.98 Å². The Labute approximate surface area is 195 Å². The van der Waals surface area contributed by atoms with Gasteiger partial charge in [-0.1, -0.05) is 67.6 Å². The molecule has 0 aliphatic heterocycles. The largest absolute Gasteiger partial charge is 0.309 e. The van der Waals surface area contributed by atoms with Gasteiger partial charge in [0, 0.05) is 29.4 Å². The molecule has 0 bridgehead atoms. The lowest BCUT2D eigenvalue weighted by Crippen LogP contribution is -2.14. The van der Waals surface area contributed by atoms with Crippen LogP contribution >= 0.6 is 34.7 Å². The summed E-state index contributed by atoms with van der Waals surface area (Å²) < 4.78 is 2.02. The molecule has 1 amide bonds. The second-order valence-corrected chi connectivity index (χ2v) is 10.1. The van der Waals surface area contributed by atoms with E-state index in [4.69, 9.17) is 11.6 Å². The van der Waals surface area contributed by atoms with Crippen LogP contribution in [0.4, 0.5) is 5.13 Å². The Hall–Kier alpha value is -1.90. The molecule has 0 radical (unpaired) electrons. The number of rotatable bonds is 8. The van der Waals surface area contributed by atoms with Gasteiger partial charge in [0.25, 0.3) is 0 Å². The van der Waals surface area contributed by atoms with Crippen molar-refractivity contribution >= 4 is 45.7 Å². The molecule has 1 N–H and O–H groups in total. The molecule has 0 spiro atoms. The number of carbonyl (C=O) groups is 1. The molecule has 2 aromatic heterocycles. The van der Waals surface area contributed by atoms with E-state index in [0.717, 1.165) is 34.6 Å².